The predicted octanol–water partition coefficient (Wildman–Crippen LogP) is 7.16. The van der Waals surface area contributed by atoms with Crippen LogP contribution < -0.4 is 0 Å². The Kier molecular flexibility index (Phi) is 4.13. The van der Waals surface area contributed by atoms with Crippen LogP contribution in [0.2, 0.25) is 11.9 Å². The van der Waals surface area contributed by atoms with Crippen LogP contribution in [0.5, 0.6) is 0 Å². The van der Waals surface area contributed by atoms with Crippen molar-refractivity contribution in [1.82, 2.24) is 0 Å². The van der Waals surface area contributed by atoms with Crippen molar-refractivity contribution < 1.29 is 17.1 Å². The molecule has 0 saturated heterocycles. The normalized spacial score (nSPS) is 30.8. The maximum absolute atomic E-state index is 7.81. The minimum absolute atomic E-state index is 0.557. The molecule has 0 bridgehead atoms. The standard InChI is InChI=1S/2C9H11.C2H4.CH3.ClH.Zr/c2*1-2-5-9-7-3-6-8(9)4-1;1-2;;;/h2*3,6-7H,1-2,4-5H2;1H,2H3;1H3;1H;/q;;;;;+1/p-1. The van der Waals surface area contributed by atoms with Gasteiger partial charge in [0.2, 0.25) is 0 Å². The van der Waals surface area contributed by atoms with Crippen molar-refractivity contribution in [3.05, 3.63) is 46.6 Å². The molecule has 0 aromatic carbocycles. The molecule has 0 radical (unpaired) electrons. The third kappa shape index (κ3) is 2.45. The zero-order valence-electron chi connectivity index (χ0n) is 14.6. The second-order valence-corrected chi connectivity index (χ2v) is 28.2. The number of halogens is 1. The molecule has 124 valence electrons. The van der Waals surface area contributed by atoms with Gasteiger partial charge in [0.25, 0.3) is 0 Å². The molecule has 2 atom stereocenters. The molecule has 0 nitrogen and oxygen atoms in total. The molecule has 2 unspecified atom stereocenters. The molecular weight excluding hydrogens is 379 g/mol. The van der Waals surface area contributed by atoms with Gasteiger partial charge in [0.05, 0.1) is 0 Å². The summed E-state index contributed by atoms with van der Waals surface area (Å²) in [6, 6.07) is 0. The summed E-state index contributed by atoms with van der Waals surface area (Å²) in [5.41, 5.74) is 6.70. The monoisotopic (exact) mass is 406 g/mol. The van der Waals surface area contributed by atoms with Gasteiger partial charge >= 0.3 is 146 Å². The molecule has 4 rings (SSSR count). The molecule has 0 aromatic heterocycles. The van der Waals surface area contributed by atoms with Gasteiger partial charge in [-0.3, -0.25) is 0 Å². The number of rotatable bonds is 2. The van der Waals surface area contributed by atoms with E-state index in [1.54, 1.807) is 22.3 Å². The van der Waals surface area contributed by atoms with Crippen LogP contribution in [0.25, 0.3) is 0 Å². The van der Waals surface area contributed by atoms with E-state index in [0.717, 1.165) is 0 Å². The van der Waals surface area contributed by atoms with E-state index in [1.807, 2.05) is 0 Å². The summed E-state index contributed by atoms with van der Waals surface area (Å²) < 4.78 is 6.15. The van der Waals surface area contributed by atoms with Crippen molar-refractivity contribution in [2.24, 2.45) is 0 Å². The van der Waals surface area contributed by atoms with Gasteiger partial charge in [-0.1, -0.05) is 0 Å². The minimum atomic E-state index is -3.59. The Bertz CT molecular complexity index is 669. The first-order chi connectivity index (χ1) is 11.0. The maximum atomic E-state index is 7.81. The molecule has 0 aliphatic heterocycles. The molecule has 0 amide bonds. The Morgan fingerprint density at radius 2 is 1.30 bits per heavy atom. The van der Waals surface area contributed by atoms with Gasteiger partial charge in [-0.2, -0.15) is 0 Å². The number of hydrogen-bond donors (Lipinski definition) is 0. The van der Waals surface area contributed by atoms with E-state index in [2.05, 4.69) is 39.6 Å². The van der Waals surface area contributed by atoms with E-state index in [4.69, 9.17) is 8.51 Å². The first-order valence-electron chi connectivity index (χ1n) is 9.53. The van der Waals surface area contributed by atoms with Gasteiger partial charge in [0.15, 0.2) is 0 Å². The zero-order valence-corrected chi connectivity index (χ0v) is 17.8. The van der Waals surface area contributed by atoms with Crippen LogP contribution in [0.4, 0.5) is 0 Å². The summed E-state index contributed by atoms with van der Waals surface area (Å²) in [5.74, 6) is 0. The van der Waals surface area contributed by atoms with E-state index in [9.17, 15) is 0 Å². The van der Waals surface area contributed by atoms with Gasteiger partial charge < -0.3 is 0 Å². The van der Waals surface area contributed by atoms with Crippen molar-refractivity contribution in [2.45, 2.75) is 70.2 Å². The van der Waals surface area contributed by atoms with Gasteiger partial charge in [0, 0.05) is 0 Å². The average Bonchev–Trinajstić information content (AvgIpc) is 3.20. The molecule has 0 heterocycles. The van der Waals surface area contributed by atoms with Crippen molar-refractivity contribution in [1.29, 1.82) is 0 Å². The van der Waals surface area contributed by atoms with Crippen LogP contribution in [0, 0.1) is 0 Å². The van der Waals surface area contributed by atoms with Crippen molar-refractivity contribution in [3.8, 4) is 0 Å². The van der Waals surface area contributed by atoms with Crippen molar-refractivity contribution in [3.63, 3.8) is 0 Å². The van der Waals surface area contributed by atoms with Crippen LogP contribution in [-0.2, 0) is 17.1 Å². The molecule has 0 spiro atoms. The molecule has 23 heavy (non-hydrogen) atoms. The van der Waals surface area contributed by atoms with Crippen LogP contribution in [0.3, 0.4) is 0 Å². The number of hydrogen-bond acceptors (Lipinski definition) is 0. The first-order valence-corrected chi connectivity index (χ1v) is 19.4. The molecule has 0 N–H and O–H groups in total. The van der Waals surface area contributed by atoms with Crippen molar-refractivity contribution >= 4 is 12.2 Å². The first kappa shape index (κ1) is 16.5. The summed E-state index contributed by atoms with van der Waals surface area (Å²) in [6.45, 7) is 2.27. The van der Waals surface area contributed by atoms with Crippen LogP contribution in [0.15, 0.2) is 46.6 Å². The van der Waals surface area contributed by atoms with E-state index >= 15 is 0 Å². The van der Waals surface area contributed by atoms with E-state index in [0.29, 0.717) is 7.25 Å². The summed E-state index contributed by atoms with van der Waals surface area (Å²) in [5, 5.41) is 0. The number of allylic oxidation sites excluding steroid dienone is 8. The molecule has 0 fully saturated rings. The summed E-state index contributed by atoms with van der Waals surface area (Å²) in [7, 11) is 7.81. The van der Waals surface area contributed by atoms with Gasteiger partial charge in [-0.25, -0.2) is 0 Å². The fourth-order valence-electron chi connectivity index (χ4n) is 5.57. The van der Waals surface area contributed by atoms with Gasteiger partial charge in [0.1, 0.15) is 0 Å². The van der Waals surface area contributed by atoms with Crippen molar-refractivity contribution in [2.75, 3.05) is 0 Å². The predicted molar refractivity (Wildman–Crippen MR) is 100 cm³/mol. The Balaban J connectivity index is 1.81. The average molecular weight is 408 g/mol. The van der Waals surface area contributed by atoms with Gasteiger partial charge in [-0.15, -0.1) is 0 Å². The van der Waals surface area contributed by atoms with E-state index in [1.165, 1.54) is 51.4 Å². The second kappa shape index (κ2) is 5.77. The molecule has 4 aliphatic rings. The third-order valence-electron chi connectivity index (χ3n) is 7.15. The summed E-state index contributed by atoms with van der Waals surface area (Å²) >= 11 is -3.59. The molecule has 0 saturated carbocycles. The van der Waals surface area contributed by atoms with Crippen LogP contribution in [0.1, 0.15) is 58.3 Å². The quantitative estimate of drug-likeness (QED) is 0.455. The Hall–Kier alpha value is 0.00312. The summed E-state index contributed by atoms with van der Waals surface area (Å²) in [4.78, 5) is 0. The Labute approximate surface area is 145 Å². The van der Waals surface area contributed by atoms with Crippen LogP contribution in [-0.4, -0.2) is 3.71 Å². The third-order valence-corrected chi connectivity index (χ3v) is 25.2. The second-order valence-electron chi connectivity index (χ2n) is 8.36. The van der Waals surface area contributed by atoms with E-state index in [-0.39, 0.29) is 0 Å². The fraction of sp³-hybridized carbons (Fsp3) is 0.571. The van der Waals surface area contributed by atoms with E-state index < -0.39 is 17.1 Å². The topological polar surface area (TPSA) is 0 Å². The molecule has 4 aliphatic carbocycles. The zero-order chi connectivity index (χ0) is 16.1. The van der Waals surface area contributed by atoms with Crippen LogP contribution >= 0.6 is 8.51 Å². The molecule has 0 aromatic rings. The Morgan fingerprint density at radius 1 is 0.870 bits per heavy atom. The fourth-order valence-corrected chi connectivity index (χ4v) is 19.5. The van der Waals surface area contributed by atoms with Gasteiger partial charge in [-0.05, 0) is 0 Å². The molecular formula is C21H29ClZr. The summed E-state index contributed by atoms with van der Waals surface area (Å²) in [6.07, 6.45) is 20.4. The molecule has 2 heteroatoms. The SMILES string of the molecule is C[CH]=[Zr]([CH3])([Cl])([CH]1C=CC2=C1CCCC2)[CH]1C=CC2=C1CCCC2. The Morgan fingerprint density at radius 3 is 1.74 bits per heavy atom.